The molecule has 20 aromatic rings. The van der Waals surface area contributed by atoms with Crippen LogP contribution in [-0.2, 0) is 80.1 Å². The van der Waals surface area contributed by atoms with Gasteiger partial charge < -0.3 is 30.6 Å². The maximum atomic E-state index is 11.5. The van der Waals surface area contributed by atoms with E-state index in [1.165, 1.54) is 27.4 Å². The number of aliphatic carboxylic acids is 6. The molecule has 20 rings (SSSR count). The number of halogens is 4. The highest BCUT2D eigenvalue weighted by atomic mass is 35.5. The number of aryl methyl sites for hydroxylation is 2. The second-order valence-corrected chi connectivity index (χ2v) is 43.3. The van der Waals surface area contributed by atoms with Crippen molar-refractivity contribution in [2.24, 2.45) is 10.8 Å². The normalized spacial score (nSPS) is 11.1. The summed E-state index contributed by atoms with van der Waals surface area (Å²) in [6.07, 6.45) is 18.1. The van der Waals surface area contributed by atoms with Crippen LogP contribution in [0.5, 0.6) is 0 Å². The predicted octanol–water partition coefficient (Wildman–Crippen LogP) is 29.8. The van der Waals surface area contributed by atoms with Crippen molar-refractivity contribution in [2.45, 2.75) is 91.9 Å². The van der Waals surface area contributed by atoms with E-state index in [2.05, 4.69) is 74.5 Å². The lowest BCUT2D eigenvalue weighted by Crippen LogP contribution is -2.25. The molecule has 30 heteroatoms. The molecule has 0 amide bonds. The molecule has 0 aliphatic rings. The van der Waals surface area contributed by atoms with Crippen LogP contribution in [0.4, 0.5) is 0 Å². The summed E-state index contributed by atoms with van der Waals surface area (Å²) in [4.78, 5) is 89.3. The SMILES string of the molecule is CC(C)(Cc1cc2cncc(-c3ccc(C#N)c4ccccc34)c2s1)C(=O)O.CC(C)(Cc1cc2cncc(-c3ccc(C#N)cc3)c2s1)C(=O)O.N#Cc1ccc(-c2cncc3cc(CC(=O)O)sc23)c2ccccc12.N#Cc1ccc(-c2cncc3cc(CC(=O)O)sc23)cc1.O=C(O)CCc1cc2c(Cc3c(Cl)cccc3Cl)cccc2s1.O=C(O)CCc1cc2cccc(Cc3c(Cl)cccc3Cl)c2s1. The maximum absolute atomic E-state index is 11.5. The number of thiophene rings is 6. The molecule has 0 fully saturated rings. The van der Waals surface area contributed by atoms with Gasteiger partial charge in [0.05, 0.1) is 83.0 Å². The summed E-state index contributed by atoms with van der Waals surface area (Å²) in [6.45, 7) is 6.96. The lowest BCUT2D eigenvalue weighted by Gasteiger charge is -2.17. The third kappa shape index (κ3) is 24.8. The van der Waals surface area contributed by atoms with Crippen molar-refractivity contribution in [1.29, 1.82) is 21.0 Å². The Balaban J connectivity index is 0.000000130. The van der Waals surface area contributed by atoms with Crippen molar-refractivity contribution >= 4 is 232 Å². The number of aromatic nitrogens is 4. The molecule has 6 N–H and O–H groups in total. The summed E-state index contributed by atoms with van der Waals surface area (Å²) in [5, 5.41) is 104. The van der Waals surface area contributed by atoms with Gasteiger partial charge in [0.15, 0.2) is 0 Å². The number of carboxylic acids is 6. The van der Waals surface area contributed by atoms with Gasteiger partial charge in [-0.2, -0.15) is 21.0 Å². The van der Waals surface area contributed by atoms with Crippen molar-refractivity contribution in [1.82, 2.24) is 19.9 Å². The molecular formula is C114H84Cl4N8O12S6. The van der Waals surface area contributed by atoms with Gasteiger partial charge in [-0.1, -0.05) is 174 Å². The van der Waals surface area contributed by atoms with Gasteiger partial charge in [0.1, 0.15) is 0 Å². The first-order chi connectivity index (χ1) is 69.2. The summed E-state index contributed by atoms with van der Waals surface area (Å²) in [6, 6.07) is 81.9. The Kier molecular flexibility index (Phi) is 33.3. The van der Waals surface area contributed by atoms with Crippen molar-refractivity contribution in [3.05, 3.63) is 374 Å². The number of nitrogens with zero attached hydrogens (tertiary/aromatic N) is 8. The number of carboxylic acid groups (broad SMARTS) is 6. The van der Waals surface area contributed by atoms with Gasteiger partial charge in [-0.05, 0) is 223 Å². The van der Waals surface area contributed by atoms with Crippen molar-refractivity contribution in [2.75, 3.05) is 0 Å². The number of rotatable bonds is 24. The standard InChI is InChI=1S/C23H18N2O2S.C20H12N2O2S.C19H16N2O2S.2C18H14Cl2O2S.C16H10N2O2S/c1-23(2,22(26)27)10-16-9-15-12-25-13-20(21(15)28-16)19-8-7-14(11-24)17-5-3-4-6-18(17)19;21-9-12-5-6-17(16-4-2-1-3-15(12)16)18-11-22-10-13-7-14(8-19(23)24)25-20(13)18;1-19(2,18(22)23)8-15-7-14-10-21-11-16(17(14)24-15)13-5-3-12(9-20)4-6-13;19-15-4-2-5-16(20)14(15)9-11-3-1-6-17-13(11)10-12(23-17)7-8-18(21)22;19-15-5-2-6-16(20)14(15)10-12-4-1-3-11-9-13(23-18(11)12)7-8-17(21)22;17-7-10-1-3-11(4-2-10)14-9-18-8-12-5-13(6-15(19)20)21-16(12)14/h3-9,12-13H,10H2,1-2H3,(H,26,27);1-7,10-11H,8H2,(H,23,24);3-7,10-11H,8H2,1-2H3,(H,22,23);1-6,10H,7-9H2,(H,21,22);1-6,9H,7-8,10H2,(H,21,22);1-5,8-9H,6H2,(H,19,20). The molecule has 144 heavy (non-hydrogen) atoms. The summed E-state index contributed by atoms with van der Waals surface area (Å²) >= 11 is 34.6. The third-order valence-corrected chi connectivity index (χ3v) is 32.3. The molecule has 0 bridgehead atoms. The number of pyridine rings is 4. The average Bonchev–Trinajstić information content (AvgIpc) is 1.44. The molecule has 0 spiro atoms. The minimum absolute atomic E-state index is 0.00685. The zero-order valence-electron chi connectivity index (χ0n) is 77.3. The minimum Gasteiger partial charge on any atom is -0.481 e. The summed E-state index contributed by atoms with van der Waals surface area (Å²) in [5.74, 6) is -4.83. The van der Waals surface area contributed by atoms with Crippen molar-refractivity contribution < 1.29 is 59.4 Å². The van der Waals surface area contributed by atoms with Gasteiger partial charge >= 0.3 is 35.8 Å². The van der Waals surface area contributed by atoms with E-state index in [-0.39, 0.29) is 25.7 Å². The largest absolute Gasteiger partial charge is 0.481 e. The van der Waals surface area contributed by atoms with Crippen molar-refractivity contribution in [3.63, 3.8) is 0 Å². The van der Waals surface area contributed by atoms with Crippen molar-refractivity contribution in [3.8, 4) is 68.8 Å². The number of carbonyl (C=O) groups is 6. The van der Waals surface area contributed by atoms with Gasteiger partial charge in [0.2, 0.25) is 0 Å². The summed E-state index contributed by atoms with van der Waals surface area (Å²) in [5.41, 5.74) is 12.9. The molecule has 0 saturated heterocycles. The molecule has 716 valence electrons. The monoisotopic (exact) mass is 2090 g/mol. The fourth-order valence-electron chi connectivity index (χ4n) is 16.4. The topological polar surface area (TPSA) is 371 Å². The van der Waals surface area contributed by atoms with Crippen LogP contribution in [0.15, 0.2) is 280 Å². The van der Waals surface area contributed by atoms with Gasteiger partial charge in [-0.3, -0.25) is 48.7 Å². The molecule has 10 aromatic heterocycles. The molecule has 10 heterocycles. The lowest BCUT2D eigenvalue weighted by molar-refractivity contribution is -0.147. The molecule has 0 aliphatic heterocycles. The highest BCUT2D eigenvalue weighted by Gasteiger charge is 2.31. The average molecular weight is 2090 g/mol. The van der Waals surface area contributed by atoms with Crippen LogP contribution < -0.4 is 0 Å². The summed E-state index contributed by atoms with van der Waals surface area (Å²) < 4.78 is 6.54. The molecule has 0 unspecified atom stereocenters. The fraction of sp³-hybridized carbons (Fsp3) is 0.140. The maximum Gasteiger partial charge on any atom is 0.309 e. The first-order valence-corrected chi connectivity index (χ1v) is 51.2. The quantitative estimate of drug-likeness (QED) is 0.0327. The number of fused-ring (bicyclic) bond motifs is 8. The number of hydrogen-bond donors (Lipinski definition) is 6. The Labute approximate surface area is 870 Å². The molecular weight excluding hydrogens is 2010 g/mol. The van der Waals surface area contributed by atoms with E-state index < -0.39 is 46.6 Å². The van der Waals surface area contributed by atoms with E-state index >= 15 is 0 Å². The Bertz CT molecular complexity index is 8350. The van der Waals surface area contributed by atoms with E-state index in [0.29, 0.717) is 80.9 Å². The Morgan fingerprint density at radius 3 is 1.06 bits per heavy atom. The van der Waals surface area contributed by atoms with Gasteiger partial charge in [-0.15, -0.1) is 68.0 Å². The van der Waals surface area contributed by atoms with Gasteiger partial charge in [-0.25, -0.2) is 0 Å². The van der Waals surface area contributed by atoms with Gasteiger partial charge in [0, 0.05) is 195 Å². The molecule has 0 aliphatic carbocycles. The van der Waals surface area contributed by atoms with E-state index in [0.717, 1.165) is 173 Å². The van der Waals surface area contributed by atoms with E-state index in [4.69, 9.17) is 77.4 Å². The lowest BCUT2D eigenvalue weighted by atomic mass is 9.89. The van der Waals surface area contributed by atoms with Gasteiger partial charge in [0.25, 0.3) is 0 Å². The molecule has 0 atom stereocenters. The molecule has 0 saturated carbocycles. The first kappa shape index (κ1) is 103. The molecule has 10 aromatic carbocycles. The van der Waals surface area contributed by atoms with Crippen LogP contribution in [-0.4, -0.2) is 86.4 Å². The summed E-state index contributed by atoms with van der Waals surface area (Å²) in [7, 11) is 0. The Morgan fingerprint density at radius 2 is 0.660 bits per heavy atom. The van der Waals surface area contributed by atoms with Crippen LogP contribution in [0.1, 0.15) is 114 Å². The highest BCUT2D eigenvalue weighted by Crippen LogP contribution is 2.45. The smallest absolute Gasteiger partial charge is 0.309 e. The highest BCUT2D eigenvalue weighted by molar-refractivity contribution is 7.21. The second-order valence-electron chi connectivity index (χ2n) is 34.8. The zero-order chi connectivity index (χ0) is 102. The number of nitriles is 4. The number of benzene rings is 10. The first-order valence-electron chi connectivity index (χ1n) is 44.8. The zero-order valence-corrected chi connectivity index (χ0v) is 85.2. The Morgan fingerprint density at radius 1 is 0.312 bits per heavy atom. The fourth-order valence-corrected chi connectivity index (χ4v) is 24.8. The van der Waals surface area contributed by atoms with Crippen LogP contribution in [0.25, 0.3) is 127 Å². The van der Waals surface area contributed by atoms with E-state index in [1.54, 1.807) is 128 Å². The predicted molar refractivity (Wildman–Crippen MR) is 581 cm³/mol. The number of hydrogen-bond acceptors (Lipinski definition) is 20. The van der Waals surface area contributed by atoms with Crippen LogP contribution >= 0.6 is 114 Å². The van der Waals surface area contributed by atoms with E-state index in [1.807, 2.05) is 195 Å². The third-order valence-electron chi connectivity index (χ3n) is 23.7. The van der Waals surface area contributed by atoms with E-state index in [9.17, 15) is 49.5 Å². The Hall–Kier alpha value is -15.0. The second kappa shape index (κ2) is 46.4. The minimum atomic E-state index is -0.843. The molecule has 20 nitrogen and oxygen atoms in total. The molecule has 0 radical (unpaired) electrons. The van der Waals surface area contributed by atoms with Crippen LogP contribution in [0.3, 0.4) is 0 Å². The van der Waals surface area contributed by atoms with Crippen LogP contribution in [0, 0.1) is 56.2 Å². The van der Waals surface area contributed by atoms with Crippen LogP contribution in [0.2, 0.25) is 20.1 Å².